The van der Waals surface area contributed by atoms with Crippen LogP contribution >= 0.6 is 0 Å². The number of nitrogens with zero attached hydrogens (tertiary/aromatic N) is 2. The van der Waals surface area contributed by atoms with Crippen molar-refractivity contribution in [2.75, 3.05) is 13.1 Å². The SMILES string of the molecule is CC1CCCN(C(=O)c2cncc(C(=O)NC(C)c3ccccc3)c2)C1. The first kappa shape index (κ1) is 18.1. The highest BCUT2D eigenvalue weighted by molar-refractivity contribution is 5.99. The number of piperidine rings is 1. The number of benzene rings is 1. The molecule has 136 valence electrons. The molecule has 26 heavy (non-hydrogen) atoms. The molecular formula is C21H25N3O2. The van der Waals surface area contributed by atoms with Crippen LogP contribution in [0.5, 0.6) is 0 Å². The Labute approximate surface area is 154 Å². The summed E-state index contributed by atoms with van der Waals surface area (Å²) in [4.78, 5) is 31.2. The van der Waals surface area contributed by atoms with Gasteiger partial charge >= 0.3 is 0 Å². The summed E-state index contributed by atoms with van der Waals surface area (Å²) >= 11 is 0. The van der Waals surface area contributed by atoms with Gasteiger partial charge in [0.05, 0.1) is 17.2 Å². The minimum absolute atomic E-state index is 0.0465. The van der Waals surface area contributed by atoms with E-state index in [-0.39, 0.29) is 17.9 Å². The summed E-state index contributed by atoms with van der Waals surface area (Å²) in [6, 6.07) is 11.3. The molecule has 0 radical (unpaired) electrons. The Kier molecular flexibility index (Phi) is 5.66. The lowest BCUT2D eigenvalue weighted by atomic mass is 9.99. The molecule has 0 aliphatic carbocycles. The van der Waals surface area contributed by atoms with Gasteiger partial charge in [-0.3, -0.25) is 14.6 Å². The van der Waals surface area contributed by atoms with Crippen molar-refractivity contribution in [2.24, 2.45) is 5.92 Å². The number of carbonyl (C=O) groups is 2. The highest BCUT2D eigenvalue weighted by Gasteiger charge is 2.23. The number of nitrogens with one attached hydrogen (secondary N) is 1. The van der Waals surface area contributed by atoms with Crippen molar-refractivity contribution < 1.29 is 9.59 Å². The molecule has 1 aliphatic rings. The Morgan fingerprint density at radius 2 is 1.92 bits per heavy atom. The van der Waals surface area contributed by atoms with Crippen LogP contribution in [0.25, 0.3) is 0 Å². The van der Waals surface area contributed by atoms with Gasteiger partial charge in [0.15, 0.2) is 0 Å². The molecule has 1 fully saturated rings. The Morgan fingerprint density at radius 1 is 1.19 bits per heavy atom. The molecule has 1 aliphatic heterocycles. The van der Waals surface area contributed by atoms with Crippen LogP contribution in [0.3, 0.4) is 0 Å². The van der Waals surface area contributed by atoms with Gasteiger partial charge in [-0.25, -0.2) is 0 Å². The maximum atomic E-state index is 12.7. The average Bonchev–Trinajstić information content (AvgIpc) is 2.68. The fourth-order valence-corrected chi connectivity index (χ4v) is 3.34. The lowest BCUT2D eigenvalue weighted by molar-refractivity contribution is 0.0682. The van der Waals surface area contributed by atoms with Gasteiger partial charge in [0.1, 0.15) is 0 Å². The Bertz CT molecular complexity index is 776. The fraction of sp³-hybridized carbons (Fsp3) is 0.381. The lowest BCUT2D eigenvalue weighted by Crippen LogP contribution is -2.39. The zero-order chi connectivity index (χ0) is 18.5. The van der Waals surface area contributed by atoms with Crippen molar-refractivity contribution in [1.82, 2.24) is 15.2 Å². The highest BCUT2D eigenvalue weighted by Crippen LogP contribution is 2.18. The van der Waals surface area contributed by atoms with Crippen LogP contribution in [0.1, 0.15) is 59.0 Å². The molecule has 5 heteroatoms. The van der Waals surface area contributed by atoms with Gasteiger partial charge in [-0.05, 0) is 37.3 Å². The summed E-state index contributed by atoms with van der Waals surface area (Å²) in [5, 5.41) is 2.96. The van der Waals surface area contributed by atoms with E-state index in [9.17, 15) is 9.59 Å². The molecule has 2 unspecified atom stereocenters. The molecule has 1 aromatic heterocycles. The van der Waals surface area contributed by atoms with Crippen LogP contribution in [0.15, 0.2) is 48.8 Å². The molecule has 2 atom stereocenters. The molecule has 5 nitrogen and oxygen atoms in total. The van der Waals surface area contributed by atoms with Crippen LogP contribution in [0.4, 0.5) is 0 Å². The third-order valence-electron chi connectivity index (χ3n) is 4.84. The Morgan fingerprint density at radius 3 is 2.65 bits per heavy atom. The van der Waals surface area contributed by atoms with Crippen molar-refractivity contribution in [3.8, 4) is 0 Å². The van der Waals surface area contributed by atoms with E-state index in [1.165, 1.54) is 6.20 Å². The maximum Gasteiger partial charge on any atom is 0.255 e. The van der Waals surface area contributed by atoms with Crippen molar-refractivity contribution >= 4 is 11.8 Å². The molecule has 1 N–H and O–H groups in total. The van der Waals surface area contributed by atoms with Gasteiger partial charge in [-0.1, -0.05) is 37.3 Å². The maximum absolute atomic E-state index is 12.7. The van der Waals surface area contributed by atoms with Gasteiger partial charge in [0, 0.05) is 25.5 Å². The molecule has 1 aromatic carbocycles. The second kappa shape index (κ2) is 8.13. The first-order valence-electron chi connectivity index (χ1n) is 9.14. The number of likely N-dealkylation sites (tertiary alicyclic amines) is 1. The topological polar surface area (TPSA) is 62.3 Å². The van der Waals surface area contributed by atoms with Crippen LogP contribution in [-0.4, -0.2) is 34.8 Å². The number of pyridine rings is 1. The minimum atomic E-state index is -0.226. The van der Waals surface area contributed by atoms with E-state index in [1.807, 2.05) is 42.2 Å². The third-order valence-corrected chi connectivity index (χ3v) is 4.84. The largest absolute Gasteiger partial charge is 0.345 e. The molecule has 0 bridgehead atoms. The zero-order valence-corrected chi connectivity index (χ0v) is 15.3. The zero-order valence-electron chi connectivity index (χ0n) is 15.3. The number of hydrogen-bond donors (Lipinski definition) is 1. The fourth-order valence-electron chi connectivity index (χ4n) is 3.34. The Hall–Kier alpha value is -2.69. The lowest BCUT2D eigenvalue weighted by Gasteiger charge is -2.31. The van der Waals surface area contributed by atoms with Crippen LogP contribution in [0.2, 0.25) is 0 Å². The molecule has 2 aromatic rings. The van der Waals surface area contributed by atoms with E-state index in [0.717, 1.165) is 31.5 Å². The number of aromatic nitrogens is 1. The van der Waals surface area contributed by atoms with Crippen LogP contribution in [-0.2, 0) is 0 Å². The van der Waals surface area contributed by atoms with Gasteiger partial charge in [-0.15, -0.1) is 0 Å². The molecule has 1 saturated heterocycles. The molecular weight excluding hydrogens is 326 g/mol. The van der Waals surface area contributed by atoms with Crippen LogP contribution in [0, 0.1) is 5.92 Å². The average molecular weight is 351 g/mol. The van der Waals surface area contributed by atoms with Gasteiger partial charge in [-0.2, -0.15) is 0 Å². The van der Waals surface area contributed by atoms with E-state index in [1.54, 1.807) is 12.3 Å². The summed E-state index contributed by atoms with van der Waals surface area (Å²) in [5.74, 6) is 0.240. The monoisotopic (exact) mass is 351 g/mol. The van der Waals surface area contributed by atoms with Crippen molar-refractivity contribution in [2.45, 2.75) is 32.7 Å². The molecule has 0 spiro atoms. The summed E-state index contributed by atoms with van der Waals surface area (Å²) in [5.41, 5.74) is 1.91. The minimum Gasteiger partial charge on any atom is -0.345 e. The second-order valence-electron chi connectivity index (χ2n) is 7.07. The third kappa shape index (κ3) is 4.28. The normalized spacial score (nSPS) is 18.2. The number of amides is 2. The van der Waals surface area contributed by atoms with Crippen molar-refractivity contribution in [3.63, 3.8) is 0 Å². The van der Waals surface area contributed by atoms with E-state index >= 15 is 0 Å². The standard InChI is InChI=1S/C21H25N3O2/c1-15-7-6-10-24(14-15)21(26)19-11-18(12-22-13-19)20(25)23-16(2)17-8-4-3-5-9-17/h3-5,8-9,11-13,15-16H,6-7,10,14H2,1-2H3,(H,23,25). The Balaban J connectivity index is 1.70. The summed E-state index contributed by atoms with van der Waals surface area (Å²) in [6.07, 6.45) is 5.22. The number of carbonyl (C=O) groups excluding carboxylic acids is 2. The summed E-state index contributed by atoms with van der Waals surface area (Å²) in [6.45, 7) is 5.63. The molecule has 2 heterocycles. The van der Waals surface area contributed by atoms with E-state index in [2.05, 4.69) is 17.2 Å². The predicted octanol–water partition coefficient (Wildman–Crippen LogP) is 3.44. The van der Waals surface area contributed by atoms with Crippen molar-refractivity contribution in [1.29, 1.82) is 0 Å². The predicted molar refractivity (Wildman–Crippen MR) is 101 cm³/mol. The first-order valence-corrected chi connectivity index (χ1v) is 9.14. The summed E-state index contributed by atoms with van der Waals surface area (Å²) in [7, 11) is 0. The van der Waals surface area contributed by atoms with Gasteiger partial charge < -0.3 is 10.2 Å². The van der Waals surface area contributed by atoms with E-state index in [0.29, 0.717) is 17.0 Å². The molecule has 0 saturated carbocycles. The first-order chi connectivity index (χ1) is 12.5. The van der Waals surface area contributed by atoms with Crippen LogP contribution < -0.4 is 5.32 Å². The van der Waals surface area contributed by atoms with Crippen molar-refractivity contribution in [3.05, 3.63) is 65.5 Å². The summed E-state index contributed by atoms with van der Waals surface area (Å²) < 4.78 is 0. The van der Waals surface area contributed by atoms with Gasteiger partial charge in [0.2, 0.25) is 0 Å². The second-order valence-corrected chi connectivity index (χ2v) is 7.07. The van der Waals surface area contributed by atoms with E-state index in [4.69, 9.17) is 0 Å². The van der Waals surface area contributed by atoms with E-state index < -0.39 is 0 Å². The molecule has 2 amide bonds. The smallest absolute Gasteiger partial charge is 0.255 e. The molecule has 3 rings (SSSR count). The highest BCUT2D eigenvalue weighted by atomic mass is 16.2. The van der Waals surface area contributed by atoms with Gasteiger partial charge in [0.25, 0.3) is 11.8 Å². The number of hydrogen-bond acceptors (Lipinski definition) is 3. The quantitative estimate of drug-likeness (QED) is 0.918. The number of rotatable bonds is 4.